The third-order valence-electron chi connectivity index (χ3n) is 2.41. The van der Waals surface area contributed by atoms with Gasteiger partial charge in [-0.15, -0.1) is 0 Å². The number of fused-ring (bicyclic) bond motifs is 1. The van der Waals surface area contributed by atoms with E-state index in [0.29, 0.717) is 0 Å². The Morgan fingerprint density at radius 3 is 3.00 bits per heavy atom. The molecule has 0 atom stereocenters. The fraction of sp³-hybridized carbons (Fsp3) is 0.333. The van der Waals surface area contributed by atoms with E-state index in [0.717, 1.165) is 24.2 Å². The fourth-order valence-electron chi connectivity index (χ4n) is 1.67. The van der Waals surface area contributed by atoms with Crippen LogP contribution in [0.15, 0.2) is 34.9 Å². The van der Waals surface area contributed by atoms with Crippen LogP contribution in [0.4, 0.5) is 0 Å². The first-order valence-corrected chi connectivity index (χ1v) is 5.92. The molecule has 0 aliphatic rings. The smallest absolute Gasteiger partial charge is 0.0645 e. The van der Waals surface area contributed by atoms with Crippen LogP contribution in [0.1, 0.15) is 6.92 Å². The van der Waals surface area contributed by atoms with Gasteiger partial charge < -0.3 is 9.30 Å². The van der Waals surface area contributed by atoms with Gasteiger partial charge in [-0.05, 0) is 31.2 Å². The summed E-state index contributed by atoms with van der Waals surface area (Å²) in [4.78, 5) is 0. The van der Waals surface area contributed by atoms with Gasteiger partial charge in [0.2, 0.25) is 0 Å². The van der Waals surface area contributed by atoms with E-state index in [1.807, 2.05) is 6.92 Å². The minimum Gasteiger partial charge on any atom is -0.380 e. The van der Waals surface area contributed by atoms with Crippen molar-refractivity contribution < 1.29 is 4.74 Å². The largest absolute Gasteiger partial charge is 0.380 e. The predicted octanol–water partition coefficient (Wildman–Crippen LogP) is 3.44. The van der Waals surface area contributed by atoms with Crippen LogP contribution < -0.4 is 0 Å². The van der Waals surface area contributed by atoms with Gasteiger partial charge in [0, 0.05) is 34.7 Å². The number of ether oxygens (including phenoxy) is 1. The lowest BCUT2D eigenvalue weighted by molar-refractivity contribution is 0.140. The second-order valence-corrected chi connectivity index (χ2v) is 4.32. The summed E-state index contributed by atoms with van der Waals surface area (Å²) in [6, 6.07) is 8.46. The highest BCUT2D eigenvalue weighted by atomic mass is 79.9. The molecule has 1 aromatic carbocycles. The minimum absolute atomic E-state index is 0.774. The molecule has 0 N–H and O–H groups in total. The van der Waals surface area contributed by atoms with Crippen LogP contribution in [-0.4, -0.2) is 17.8 Å². The summed E-state index contributed by atoms with van der Waals surface area (Å²) in [6.45, 7) is 4.49. The van der Waals surface area contributed by atoms with E-state index < -0.39 is 0 Å². The molecule has 80 valence electrons. The number of hydrogen-bond donors (Lipinski definition) is 0. The summed E-state index contributed by atoms with van der Waals surface area (Å²) >= 11 is 3.47. The highest BCUT2D eigenvalue weighted by Crippen LogP contribution is 2.20. The van der Waals surface area contributed by atoms with Gasteiger partial charge in [-0.1, -0.05) is 15.9 Å². The second-order valence-electron chi connectivity index (χ2n) is 3.41. The Kier molecular flexibility index (Phi) is 3.44. The molecule has 0 bridgehead atoms. The molecule has 0 unspecified atom stereocenters. The Balaban J connectivity index is 2.21. The Bertz CT molecular complexity index is 450. The summed E-state index contributed by atoms with van der Waals surface area (Å²) in [5, 5.41) is 1.26. The zero-order valence-electron chi connectivity index (χ0n) is 8.74. The molecule has 3 heteroatoms. The maximum absolute atomic E-state index is 5.35. The summed E-state index contributed by atoms with van der Waals surface area (Å²) in [6.07, 6.45) is 2.11. The lowest BCUT2D eigenvalue weighted by atomic mass is 10.2. The van der Waals surface area contributed by atoms with Crippen molar-refractivity contribution >= 4 is 26.8 Å². The quantitative estimate of drug-likeness (QED) is 0.775. The lowest BCUT2D eigenvalue weighted by Gasteiger charge is -2.05. The lowest BCUT2D eigenvalue weighted by Crippen LogP contribution is -2.04. The van der Waals surface area contributed by atoms with Crippen LogP contribution >= 0.6 is 15.9 Å². The van der Waals surface area contributed by atoms with Crippen molar-refractivity contribution in [1.29, 1.82) is 0 Å². The van der Waals surface area contributed by atoms with Crippen molar-refractivity contribution in [3.63, 3.8) is 0 Å². The molecule has 15 heavy (non-hydrogen) atoms. The Labute approximate surface area is 98.0 Å². The maximum Gasteiger partial charge on any atom is 0.0645 e. The third-order valence-corrected chi connectivity index (χ3v) is 2.91. The topological polar surface area (TPSA) is 14.2 Å². The predicted molar refractivity (Wildman–Crippen MR) is 66.1 cm³/mol. The van der Waals surface area contributed by atoms with Gasteiger partial charge >= 0.3 is 0 Å². The van der Waals surface area contributed by atoms with E-state index in [9.17, 15) is 0 Å². The molecular weight excluding hydrogens is 254 g/mol. The fourth-order valence-corrected chi connectivity index (χ4v) is 2.05. The number of nitrogens with zero attached hydrogens (tertiary/aromatic N) is 1. The molecule has 0 aliphatic heterocycles. The summed E-state index contributed by atoms with van der Waals surface area (Å²) in [5.41, 5.74) is 1.26. The Morgan fingerprint density at radius 1 is 1.33 bits per heavy atom. The van der Waals surface area contributed by atoms with Gasteiger partial charge in [0.15, 0.2) is 0 Å². The first-order chi connectivity index (χ1) is 7.31. The molecule has 0 saturated heterocycles. The monoisotopic (exact) mass is 267 g/mol. The number of benzene rings is 1. The summed E-state index contributed by atoms with van der Waals surface area (Å²) in [5.74, 6) is 0. The van der Waals surface area contributed by atoms with Crippen LogP contribution in [0.5, 0.6) is 0 Å². The zero-order chi connectivity index (χ0) is 10.7. The molecule has 0 radical (unpaired) electrons. The number of rotatable bonds is 4. The normalized spacial score (nSPS) is 11.1. The summed E-state index contributed by atoms with van der Waals surface area (Å²) in [7, 11) is 0. The first-order valence-electron chi connectivity index (χ1n) is 5.13. The van der Waals surface area contributed by atoms with Crippen molar-refractivity contribution in [2.24, 2.45) is 0 Å². The van der Waals surface area contributed by atoms with Gasteiger partial charge in [0.25, 0.3) is 0 Å². The molecule has 0 saturated carbocycles. The number of halogens is 1. The molecule has 1 aromatic heterocycles. The van der Waals surface area contributed by atoms with Crippen LogP contribution in [0.2, 0.25) is 0 Å². The third kappa shape index (κ3) is 2.41. The van der Waals surface area contributed by atoms with E-state index in [1.54, 1.807) is 0 Å². The molecule has 2 aromatic rings. The minimum atomic E-state index is 0.774. The Morgan fingerprint density at radius 2 is 2.20 bits per heavy atom. The van der Waals surface area contributed by atoms with Crippen LogP contribution in [-0.2, 0) is 11.3 Å². The van der Waals surface area contributed by atoms with Gasteiger partial charge in [-0.25, -0.2) is 0 Å². The van der Waals surface area contributed by atoms with Gasteiger partial charge in [0.1, 0.15) is 0 Å². The van der Waals surface area contributed by atoms with E-state index in [1.165, 1.54) is 10.9 Å². The molecule has 0 fully saturated rings. The van der Waals surface area contributed by atoms with Crippen LogP contribution in [0, 0.1) is 0 Å². The highest BCUT2D eigenvalue weighted by molar-refractivity contribution is 9.10. The average molecular weight is 268 g/mol. The average Bonchev–Trinajstić information content (AvgIpc) is 2.61. The van der Waals surface area contributed by atoms with E-state index in [2.05, 4.69) is 51.0 Å². The van der Waals surface area contributed by atoms with Crippen molar-refractivity contribution in [3.8, 4) is 0 Å². The molecule has 0 aliphatic carbocycles. The number of hydrogen-bond acceptors (Lipinski definition) is 1. The van der Waals surface area contributed by atoms with E-state index in [-0.39, 0.29) is 0 Å². The van der Waals surface area contributed by atoms with E-state index >= 15 is 0 Å². The van der Waals surface area contributed by atoms with Gasteiger partial charge in [-0.3, -0.25) is 0 Å². The molecule has 0 spiro atoms. The summed E-state index contributed by atoms with van der Waals surface area (Å²) < 4.78 is 8.69. The van der Waals surface area contributed by atoms with Crippen molar-refractivity contribution in [3.05, 3.63) is 34.9 Å². The Hall–Kier alpha value is -0.800. The van der Waals surface area contributed by atoms with Gasteiger partial charge in [-0.2, -0.15) is 0 Å². The van der Waals surface area contributed by atoms with Crippen molar-refractivity contribution in [2.45, 2.75) is 13.5 Å². The molecule has 1 heterocycles. The van der Waals surface area contributed by atoms with Crippen LogP contribution in [0.25, 0.3) is 10.9 Å². The maximum atomic E-state index is 5.35. The second kappa shape index (κ2) is 4.81. The SMILES string of the molecule is CCOCCn1ccc2cc(Br)ccc21. The van der Waals surface area contributed by atoms with E-state index in [4.69, 9.17) is 4.74 Å². The standard InChI is InChI=1S/C12H14BrNO/c1-2-15-8-7-14-6-5-10-9-11(13)3-4-12(10)14/h3-6,9H,2,7-8H2,1H3. The first kappa shape index (κ1) is 10.7. The number of aromatic nitrogens is 1. The molecule has 2 nitrogen and oxygen atoms in total. The molecular formula is C12H14BrNO. The zero-order valence-corrected chi connectivity index (χ0v) is 10.3. The molecule has 0 amide bonds. The van der Waals surface area contributed by atoms with Crippen molar-refractivity contribution in [2.75, 3.05) is 13.2 Å². The molecule has 2 rings (SSSR count). The van der Waals surface area contributed by atoms with Crippen molar-refractivity contribution in [1.82, 2.24) is 4.57 Å². The van der Waals surface area contributed by atoms with Crippen LogP contribution in [0.3, 0.4) is 0 Å². The van der Waals surface area contributed by atoms with Gasteiger partial charge in [0.05, 0.1) is 6.61 Å². The highest BCUT2D eigenvalue weighted by Gasteiger charge is 2.00.